The Bertz CT molecular complexity index is 816. The standard InChI is InChI=1S/C17H15N5O/c23-17(19-15-10-14(15)12-6-2-1-3-7-12)13-8-4-5-9-16(13)22-11-18-20-21-22/h1-9,11,14-15H,10H2,(H,19,23)/t14-,15+/m1/s1. The number of benzene rings is 2. The summed E-state index contributed by atoms with van der Waals surface area (Å²) in [5.41, 5.74) is 2.51. The van der Waals surface area contributed by atoms with Crippen LogP contribution in [0.2, 0.25) is 0 Å². The Hall–Kier alpha value is -3.02. The molecule has 1 aliphatic rings. The molecule has 0 spiro atoms. The number of carbonyl (C=O) groups excluding carboxylic acids is 1. The molecule has 4 rings (SSSR count). The van der Waals surface area contributed by atoms with Gasteiger partial charge in [-0.05, 0) is 34.5 Å². The van der Waals surface area contributed by atoms with Crippen LogP contribution in [-0.2, 0) is 0 Å². The third-order valence-corrected chi connectivity index (χ3v) is 4.08. The van der Waals surface area contributed by atoms with E-state index in [0.29, 0.717) is 17.2 Å². The van der Waals surface area contributed by atoms with Crippen molar-refractivity contribution in [3.8, 4) is 5.69 Å². The fraction of sp³-hybridized carbons (Fsp3) is 0.176. The number of amides is 1. The van der Waals surface area contributed by atoms with Crippen LogP contribution >= 0.6 is 0 Å². The van der Waals surface area contributed by atoms with Crippen LogP contribution in [0.15, 0.2) is 60.9 Å². The van der Waals surface area contributed by atoms with E-state index in [1.807, 2.05) is 36.4 Å². The summed E-state index contributed by atoms with van der Waals surface area (Å²) in [5, 5.41) is 14.2. The van der Waals surface area contributed by atoms with Gasteiger partial charge in [-0.2, -0.15) is 4.68 Å². The van der Waals surface area contributed by atoms with Gasteiger partial charge in [-0.15, -0.1) is 5.10 Å². The number of aromatic nitrogens is 4. The SMILES string of the molecule is O=C(N[C@H]1C[C@@H]1c1ccccc1)c1ccccc1-n1cnnn1. The van der Waals surface area contributed by atoms with Gasteiger partial charge in [0.05, 0.1) is 11.3 Å². The van der Waals surface area contributed by atoms with Gasteiger partial charge in [-0.3, -0.25) is 4.79 Å². The third-order valence-electron chi connectivity index (χ3n) is 4.08. The van der Waals surface area contributed by atoms with Gasteiger partial charge in [0, 0.05) is 12.0 Å². The number of hydrogen-bond acceptors (Lipinski definition) is 4. The molecule has 0 saturated heterocycles. The van der Waals surface area contributed by atoms with Crippen molar-refractivity contribution in [1.82, 2.24) is 25.5 Å². The Balaban J connectivity index is 1.51. The van der Waals surface area contributed by atoms with E-state index in [0.717, 1.165) is 6.42 Å². The summed E-state index contributed by atoms with van der Waals surface area (Å²) >= 11 is 0. The molecule has 0 aliphatic heterocycles. The minimum atomic E-state index is -0.0977. The third kappa shape index (κ3) is 2.70. The van der Waals surface area contributed by atoms with Crippen molar-refractivity contribution in [2.45, 2.75) is 18.4 Å². The summed E-state index contributed by atoms with van der Waals surface area (Å²) in [6, 6.07) is 17.8. The number of para-hydroxylation sites is 1. The van der Waals surface area contributed by atoms with E-state index < -0.39 is 0 Å². The highest BCUT2D eigenvalue weighted by Crippen LogP contribution is 2.40. The van der Waals surface area contributed by atoms with E-state index in [1.165, 1.54) is 16.6 Å². The van der Waals surface area contributed by atoms with Gasteiger partial charge in [0.2, 0.25) is 0 Å². The molecular formula is C17H15N5O. The average Bonchev–Trinajstić information content (AvgIpc) is 3.15. The van der Waals surface area contributed by atoms with E-state index >= 15 is 0 Å². The van der Waals surface area contributed by atoms with Crippen molar-refractivity contribution in [2.24, 2.45) is 0 Å². The zero-order chi connectivity index (χ0) is 15.6. The molecule has 6 heteroatoms. The number of carbonyl (C=O) groups is 1. The second-order valence-corrected chi connectivity index (χ2v) is 5.60. The molecule has 0 bridgehead atoms. The summed E-state index contributed by atoms with van der Waals surface area (Å²) in [7, 11) is 0. The summed E-state index contributed by atoms with van der Waals surface area (Å²) in [4.78, 5) is 12.6. The van der Waals surface area contributed by atoms with Gasteiger partial charge >= 0.3 is 0 Å². The van der Waals surface area contributed by atoms with Gasteiger partial charge in [0.25, 0.3) is 5.91 Å². The van der Waals surface area contributed by atoms with Crippen molar-refractivity contribution in [1.29, 1.82) is 0 Å². The smallest absolute Gasteiger partial charge is 0.253 e. The van der Waals surface area contributed by atoms with Crippen molar-refractivity contribution in [3.05, 3.63) is 72.1 Å². The van der Waals surface area contributed by atoms with Crippen LogP contribution in [0.25, 0.3) is 5.69 Å². The Morgan fingerprint density at radius 1 is 1.09 bits per heavy atom. The first-order valence-corrected chi connectivity index (χ1v) is 7.51. The lowest BCUT2D eigenvalue weighted by molar-refractivity contribution is 0.0950. The predicted octanol–water partition coefficient (Wildman–Crippen LogP) is 1.95. The van der Waals surface area contributed by atoms with Crippen molar-refractivity contribution < 1.29 is 4.79 Å². The molecule has 1 heterocycles. The molecule has 2 aromatic carbocycles. The minimum Gasteiger partial charge on any atom is -0.349 e. The molecular weight excluding hydrogens is 290 g/mol. The quantitative estimate of drug-likeness (QED) is 0.799. The fourth-order valence-electron chi connectivity index (χ4n) is 2.81. The molecule has 114 valence electrons. The topological polar surface area (TPSA) is 72.7 Å². The first kappa shape index (κ1) is 13.6. The van der Waals surface area contributed by atoms with Crippen LogP contribution in [0.5, 0.6) is 0 Å². The lowest BCUT2D eigenvalue weighted by Gasteiger charge is -2.09. The number of nitrogens with zero attached hydrogens (tertiary/aromatic N) is 4. The lowest BCUT2D eigenvalue weighted by atomic mass is 10.1. The van der Waals surface area contributed by atoms with Crippen LogP contribution < -0.4 is 5.32 Å². The van der Waals surface area contributed by atoms with Gasteiger partial charge < -0.3 is 5.32 Å². The molecule has 0 unspecified atom stereocenters. The van der Waals surface area contributed by atoms with Crippen LogP contribution in [0.4, 0.5) is 0 Å². The maximum absolute atomic E-state index is 12.6. The number of nitrogens with one attached hydrogen (secondary N) is 1. The largest absolute Gasteiger partial charge is 0.349 e. The fourth-order valence-corrected chi connectivity index (χ4v) is 2.81. The van der Waals surface area contributed by atoms with Gasteiger partial charge in [0.1, 0.15) is 6.33 Å². The van der Waals surface area contributed by atoms with E-state index in [-0.39, 0.29) is 11.9 Å². The van der Waals surface area contributed by atoms with Gasteiger partial charge in [-0.1, -0.05) is 42.5 Å². The maximum Gasteiger partial charge on any atom is 0.253 e. The molecule has 1 N–H and O–H groups in total. The average molecular weight is 305 g/mol. The Morgan fingerprint density at radius 3 is 2.65 bits per heavy atom. The Labute approximate surface area is 133 Å². The molecule has 1 saturated carbocycles. The van der Waals surface area contributed by atoms with Crippen molar-refractivity contribution >= 4 is 5.91 Å². The zero-order valence-corrected chi connectivity index (χ0v) is 12.3. The highest BCUT2D eigenvalue weighted by Gasteiger charge is 2.39. The first-order valence-electron chi connectivity index (χ1n) is 7.51. The number of hydrogen-bond donors (Lipinski definition) is 1. The molecule has 1 aromatic heterocycles. The Kier molecular flexibility index (Phi) is 3.34. The van der Waals surface area contributed by atoms with E-state index in [1.54, 1.807) is 6.07 Å². The number of tetrazole rings is 1. The lowest BCUT2D eigenvalue weighted by Crippen LogP contribution is -2.27. The van der Waals surface area contributed by atoms with Crippen molar-refractivity contribution in [2.75, 3.05) is 0 Å². The summed E-state index contributed by atoms with van der Waals surface area (Å²) < 4.78 is 1.50. The first-order chi connectivity index (χ1) is 11.3. The molecule has 0 radical (unpaired) electrons. The highest BCUT2D eigenvalue weighted by atomic mass is 16.1. The second kappa shape index (κ2) is 5.64. The second-order valence-electron chi connectivity index (χ2n) is 5.60. The molecule has 2 atom stereocenters. The van der Waals surface area contributed by atoms with Crippen LogP contribution in [0, 0.1) is 0 Å². The van der Waals surface area contributed by atoms with E-state index in [9.17, 15) is 4.79 Å². The molecule has 23 heavy (non-hydrogen) atoms. The Morgan fingerprint density at radius 2 is 1.87 bits per heavy atom. The molecule has 6 nitrogen and oxygen atoms in total. The predicted molar refractivity (Wildman–Crippen MR) is 84.2 cm³/mol. The van der Waals surface area contributed by atoms with Crippen LogP contribution in [0.3, 0.4) is 0 Å². The maximum atomic E-state index is 12.6. The van der Waals surface area contributed by atoms with Crippen LogP contribution in [0.1, 0.15) is 28.3 Å². The summed E-state index contributed by atoms with van der Waals surface area (Å²) in [5.74, 6) is 0.305. The highest BCUT2D eigenvalue weighted by molar-refractivity contribution is 5.98. The van der Waals surface area contributed by atoms with Crippen molar-refractivity contribution in [3.63, 3.8) is 0 Å². The minimum absolute atomic E-state index is 0.0977. The van der Waals surface area contributed by atoms with Crippen LogP contribution in [-0.4, -0.2) is 32.2 Å². The number of rotatable bonds is 4. The summed E-state index contributed by atoms with van der Waals surface area (Å²) in [6.07, 6.45) is 2.46. The molecule has 1 fully saturated rings. The monoisotopic (exact) mass is 305 g/mol. The molecule has 1 aliphatic carbocycles. The van der Waals surface area contributed by atoms with E-state index in [4.69, 9.17) is 0 Å². The summed E-state index contributed by atoms with van der Waals surface area (Å²) in [6.45, 7) is 0. The van der Waals surface area contributed by atoms with E-state index in [2.05, 4.69) is 33.0 Å². The van der Waals surface area contributed by atoms with Gasteiger partial charge in [-0.25, -0.2) is 0 Å². The normalized spacial score (nSPS) is 19.3. The molecule has 3 aromatic rings. The van der Waals surface area contributed by atoms with Gasteiger partial charge in [0.15, 0.2) is 0 Å². The zero-order valence-electron chi connectivity index (χ0n) is 12.3. The molecule has 1 amide bonds.